The summed E-state index contributed by atoms with van der Waals surface area (Å²) in [6.07, 6.45) is 3.57. The van der Waals surface area contributed by atoms with Gasteiger partial charge in [-0.15, -0.1) is 6.58 Å². The second-order valence-electron chi connectivity index (χ2n) is 7.86. The van der Waals surface area contributed by atoms with Gasteiger partial charge >= 0.3 is 0 Å². The van der Waals surface area contributed by atoms with Crippen molar-refractivity contribution in [2.45, 2.75) is 32.0 Å². The summed E-state index contributed by atoms with van der Waals surface area (Å²) in [5, 5.41) is 13.4. The average Bonchev–Trinajstić information content (AvgIpc) is 3.48. The summed E-state index contributed by atoms with van der Waals surface area (Å²) in [5.41, 5.74) is 2.82. The predicted molar refractivity (Wildman–Crippen MR) is 116 cm³/mol. The fourth-order valence-corrected chi connectivity index (χ4v) is 3.60. The number of nitrogens with zero attached hydrogens (tertiary/aromatic N) is 3. The minimum atomic E-state index is -1.09. The molecule has 0 aromatic carbocycles. The van der Waals surface area contributed by atoms with Crippen molar-refractivity contribution in [2.24, 2.45) is 13.0 Å². The summed E-state index contributed by atoms with van der Waals surface area (Å²) in [4.78, 5) is 33.6. The molecule has 1 aliphatic rings. The zero-order valence-electron chi connectivity index (χ0n) is 17.3. The summed E-state index contributed by atoms with van der Waals surface area (Å²) in [7, 11) is 1.64. The topological polar surface area (TPSA) is 97.1 Å². The Morgan fingerprint density at radius 2 is 2.10 bits per heavy atom. The Labute approximate surface area is 178 Å². The number of anilines is 1. The number of alkyl halides is 1. The Morgan fingerprint density at radius 3 is 2.74 bits per heavy atom. The molecule has 0 spiro atoms. The predicted octanol–water partition coefficient (Wildman–Crippen LogP) is 3.21. The number of carbonyl (C=O) groups is 1. The van der Waals surface area contributed by atoms with E-state index in [0.717, 1.165) is 5.56 Å². The monoisotopic (exact) mass is 422 g/mol. The molecule has 31 heavy (non-hydrogen) atoms. The van der Waals surface area contributed by atoms with Crippen LogP contribution in [-0.4, -0.2) is 31.7 Å². The lowest BCUT2D eigenvalue weighted by atomic mass is 10.0. The van der Waals surface area contributed by atoms with Gasteiger partial charge in [0.1, 0.15) is 12.0 Å². The maximum atomic E-state index is 13.1. The van der Waals surface area contributed by atoms with E-state index >= 15 is 0 Å². The summed E-state index contributed by atoms with van der Waals surface area (Å²) in [6.45, 7) is 5.48. The quantitative estimate of drug-likeness (QED) is 0.595. The van der Waals surface area contributed by atoms with Crippen LogP contribution in [0.15, 0.2) is 48.0 Å². The van der Waals surface area contributed by atoms with Crippen LogP contribution in [0.25, 0.3) is 22.0 Å². The molecule has 1 fully saturated rings. The number of nitrogens with one attached hydrogen (secondary N) is 1. The van der Waals surface area contributed by atoms with Crippen LogP contribution in [0.5, 0.6) is 0 Å². The van der Waals surface area contributed by atoms with Crippen molar-refractivity contribution >= 4 is 22.6 Å². The van der Waals surface area contributed by atoms with Crippen LogP contribution in [0.4, 0.5) is 10.2 Å². The number of amides is 1. The fourth-order valence-electron chi connectivity index (χ4n) is 3.60. The lowest BCUT2D eigenvalue weighted by molar-refractivity contribution is -0.117. The minimum absolute atomic E-state index is 0.230. The molecule has 160 valence electrons. The molecule has 3 atom stereocenters. The molecule has 0 radical (unpaired) electrons. The zero-order chi connectivity index (χ0) is 22.3. The number of aliphatic hydroxyl groups is 1. The molecule has 3 heterocycles. The molecule has 2 N–H and O–H groups in total. The Morgan fingerprint density at radius 1 is 1.35 bits per heavy atom. The van der Waals surface area contributed by atoms with Gasteiger partial charge in [0.15, 0.2) is 0 Å². The molecule has 1 aliphatic carbocycles. The highest BCUT2D eigenvalue weighted by Crippen LogP contribution is 2.34. The highest BCUT2D eigenvalue weighted by molar-refractivity contribution is 5.95. The van der Waals surface area contributed by atoms with Crippen LogP contribution in [0, 0.1) is 12.8 Å². The zero-order valence-corrected chi connectivity index (χ0v) is 17.3. The number of fused-ring (bicyclic) bond motifs is 1. The van der Waals surface area contributed by atoms with E-state index in [1.807, 2.05) is 6.92 Å². The van der Waals surface area contributed by atoms with Crippen LogP contribution in [0.2, 0.25) is 0 Å². The van der Waals surface area contributed by atoms with Gasteiger partial charge in [-0.25, -0.2) is 9.37 Å². The van der Waals surface area contributed by atoms with E-state index in [2.05, 4.69) is 21.9 Å². The molecule has 0 saturated heterocycles. The number of rotatable bonds is 6. The van der Waals surface area contributed by atoms with E-state index in [0.29, 0.717) is 34.1 Å². The number of aliphatic hydroxyl groups excluding tert-OH is 1. The summed E-state index contributed by atoms with van der Waals surface area (Å²) < 4.78 is 14.6. The largest absolute Gasteiger partial charge is 0.386 e. The summed E-state index contributed by atoms with van der Waals surface area (Å²) in [5.74, 6) is -0.744. The number of aryl methyl sites for hydroxylation is 2. The first-order valence-electron chi connectivity index (χ1n) is 10.0. The molecular formula is C23H23FN4O3. The third-order valence-corrected chi connectivity index (χ3v) is 5.56. The molecule has 0 bridgehead atoms. The maximum Gasteiger partial charge on any atom is 0.258 e. The Balaban J connectivity index is 1.70. The number of carbonyl (C=O) groups excluding carboxylic acids is 1. The second-order valence-corrected chi connectivity index (χ2v) is 7.86. The van der Waals surface area contributed by atoms with E-state index in [9.17, 15) is 19.1 Å². The molecule has 1 saturated carbocycles. The highest BCUT2D eigenvalue weighted by Gasteiger charge is 2.43. The van der Waals surface area contributed by atoms with E-state index in [4.69, 9.17) is 0 Å². The molecule has 7 nitrogen and oxygen atoms in total. The summed E-state index contributed by atoms with van der Waals surface area (Å²) >= 11 is 0. The average molecular weight is 422 g/mol. The van der Waals surface area contributed by atoms with Crippen molar-refractivity contribution in [1.29, 1.82) is 0 Å². The van der Waals surface area contributed by atoms with Gasteiger partial charge in [0.05, 0.1) is 23.2 Å². The van der Waals surface area contributed by atoms with E-state index in [1.54, 1.807) is 43.7 Å². The van der Waals surface area contributed by atoms with Crippen molar-refractivity contribution in [3.05, 3.63) is 64.9 Å². The highest BCUT2D eigenvalue weighted by atomic mass is 19.1. The lowest BCUT2D eigenvalue weighted by Gasteiger charge is -2.14. The fraction of sp³-hybridized carbons (Fsp3) is 0.304. The minimum Gasteiger partial charge on any atom is -0.386 e. The molecule has 0 unspecified atom stereocenters. The molecule has 0 aliphatic heterocycles. The molecule has 3 aromatic rings. The van der Waals surface area contributed by atoms with Crippen LogP contribution >= 0.6 is 0 Å². The lowest BCUT2D eigenvalue weighted by Crippen LogP contribution is -2.20. The van der Waals surface area contributed by atoms with Gasteiger partial charge < -0.3 is 15.0 Å². The molecular weight excluding hydrogens is 399 g/mol. The second kappa shape index (κ2) is 8.03. The van der Waals surface area contributed by atoms with Crippen LogP contribution in [0.3, 0.4) is 0 Å². The van der Waals surface area contributed by atoms with Crippen molar-refractivity contribution < 1.29 is 14.3 Å². The van der Waals surface area contributed by atoms with Gasteiger partial charge in [0.2, 0.25) is 5.91 Å². The van der Waals surface area contributed by atoms with Crippen LogP contribution in [0.1, 0.15) is 30.2 Å². The number of hydrogen-bond acceptors (Lipinski definition) is 5. The normalized spacial score (nSPS) is 18.6. The van der Waals surface area contributed by atoms with Crippen molar-refractivity contribution in [3.8, 4) is 11.1 Å². The van der Waals surface area contributed by atoms with Crippen molar-refractivity contribution in [2.75, 3.05) is 5.32 Å². The van der Waals surface area contributed by atoms with Gasteiger partial charge in [0.25, 0.3) is 5.56 Å². The van der Waals surface area contributed by atoms with Gasteiger partial charge in [0, 0.05) is 42.0 Å². The third kappa shape index (κ3) is 3.98. The maximum absolute atomic E-state index is 13.1. The number of pyridine rings is 3. The first-order chi connectivity index (χ1) is 14.8. The smallest absolute Gasteiger partial charge is 0.258 e. The van der Waals surface area contributed by atoms with Crippen LogP contribution < -0.4 is 10.9 Å². The van der Waals surface area contributed by atoms with Crippen molar-refractivity contribution in [3.63, 3.8) is 0 Å². The van der Waals surface area contributed by atoms with Gasteiger partial charge in [-0.3, -0.25) is 14.6 Å². The first-order valence-corrected chi connectivity index (χ1v) is 10.0. The molecule has 4 rings (SSSR count). The molecule has 8 heteroatoms. The number of hydrogen-bond donors (Lipinski definition) is 2. The number of halogens is 1. The number of aromatic nitrogens is 3. The van der Waals surface area contributed by atoms with E-state index in [1.165, 1.54) is 4.57 Å². The Hall–Kier alpha value is -3.39. The van der Waals surface area contributed by atoms with E-state index in [-0.39, 0.29) is 17.8 Å². The Kier molecular flexibility index (Phi) is 5.41. The van der Waals surface area contributed by atoms with Crippen molar-refractivity contribution in [1.82, 2.24) is 14.5 Å². The van der Waals surface area contributed by atoms with Gasteiger partial charge in [-0.05, 0) is 37.5 Å². The van der Waals surface area contributed by atoms with E-state index < -0.39 is 24.1 Å². The van der Waals surface area contributed by atoms with Gasteiger partial charge in [-0.1, -0.05) is 6.08 Å². The molecule has 3 aromatic heterocycles. The third-order valence-electron chi connectivity index (χ3n) is 5.56. The molecule has 1 amide bonds. The Bertz CT molecular complexity index is 1250. The van der Waals surface area contributed by atoms with Gasteiger partial charge in [-0.2, -0.15) is 0 Å². The standard InChI is InChI=1S/C23H23FN4O3/c1-4-5-20(29)18-6-12(2)16(11-25-18)14-7-13-10-26-21(9-19(13)28(3)23(14)31)27-22(30)15-8-17(15)24/h4,6-7,9-11,15,17,20,29H,1,5,8H2,2-3H3,(H,26,27,30)/t15-,17+,20+/m0/s1. The van der Waals surface area contributed by atoms with Crippen LogP contribution in [-0.2, 0) is 11.8 Å². The SMILES string of the molecule is C=CC[C@@H](O)c1cc(C)c(-c2cc3cnc(NC(=O)[C@H]4C[C@H]4F)cc3n(C)c2=O)cn1. The first kappa shape index (κ1) is 20.9. The summed E-state index contributed by atoms with van der Waals surface area (Å²) in [6, 6.07) is 5.10.